The standard InChI is InChI=1S/C5H6ClIN2/c1-4(7)2-3-5(6)9-8/h2-3H,1,8H2/b3-2-,9-5+. The highest BCUT2D eigenvalue weighted by Gasteiger charge is 1.82. The van der Waals surface area contributed by atoms with Crippen LogP contribution in [0.4, 0.5) is 0 Å². The van der Waals surface area contributed by atoms with Crippen LogP contribution in [-0.2, 0) is 0 Å². The number of halogens is 2. The zero-order valence-electron chi connectivity index (χ0n) is 4.64. The third-order valence-corrected chi connectivity index (χ3v) is 1.11. The minimum atomic E-state index is 0.271. The van der Waals surface area contributed by atoms with Crippen molar-refractivity contribution in [1.82, 2.24) is 0 Å². The van der Waals surface area contributed by atoms with Gasteiger partial charge in [-0.25, -0.2) is 0 Å². The number of rotatable bonds is 2. The number of hydrazone groups is 1. The Bertz CT molecular complexity index is 162. The second-order valence-electron chi connectivity index (χ2n) is 1.23. The van der Waals surface area contributed by atoms with Gasteiger partial charge in [0, 0.05) is 3.58 Å². The summed E-state index contributed by atoms with van der Waals surface area (Å²) < 4.78 is 0.884. The first kappa shape index (κ1) is 8.97. The first-order valence-corrected chi connectivity index (χ1v) is 3.58. The quantitative estimate of drug-likeness (QED) is 0.265. The predicted octanol–water partition coefficient (Wildman–Crippen LogP) is 2.00. The topological polar surface area (TPSA) is 38.4 Å². The molecule has 0 saturated carbocycles. The van der Waals surface area contributed by atoms with Gasteiger partial charge < -0.3 is 5.84 Å². The third kappa shape index (κ3) is 5.85. The van der Waals surface area contributed by atoms with E-state index >= 15 is 0 Å². The summed E-state index contributed by atoms with van der Waals surface area (Å²) in [6, 6.07) is 0. The van der Waals surface area contributed by atoms with E-state index in [0.717, 1.165) is 3.58 Å². The highest BCUT2D eigenvalue weighted by Crippen LogP contribution is 2.03. The number of hydrogen-bond donors (Lipinski definition) is 1. The van der Waals surface area contributed by atoms with Gasteiger partial charge in [-0.05, 0) is 34.7 Å². The molecule has 0 fully saturated rings. The Kier molecular flexibility index (Phi) is 4.80. The summed E-state index contributed by atoms with van der Waals surface area (Å²) in [6.07, 6.45) is 3.30. The summed E-state index contributed by atoms with van der Waals surface area (Å²) in [5, 5.41) is 3.48. The fourth-order valence-electron chi connectivity index (χ4n) is 0.202. The monoisotopic (exact) mass is 256 g/mol. The van der Waals surface area contributed by atoms with Gasteiger partial charge in [-0.15, -0.1) is 0 Å². The van der Waals surface area contributed by atoms with Crippen molar-refractivity contribution in [3.8, 4) is 0 Å². The molecule has 0 saturated heterocycles. The highest BCUT2D eigenvalue weighted by molar-refractivity contribution is 14.1. The van der Waals surface area contributed by atoms with Gasteiger partial charge in [0.15, 0.2) is 0 Å². The maximum atomic E-state index is 5.40. The van der Waals surface area contributed by atoms with E-state index in [1.807, 2.05) is 0 Å². The Hall–Kier alpha value is -0.0300. The lowest BCUT2D eigenvalue weighted by Gasteiger charge is -1.82. The molecule has 0 aromatic carbocycles. The summed E-state index contributed by atoms with van der Waals surface area (Å²) in [5.74, 6) is 4.83. The maximum Gasteiger partial charge on any atom is 0.148 e. The van der Waals surface area contributed by atoms with Crippen molar-refractivity contribution in [3.05, 3.63) is 22.3 Å². The molecule has 50 valence electrons. The normalized spacial score (nSPS) is 12.4. The molecule has 2 N–H and O–H groups in total. The fourth-order valence-corrected chi connectivity index (χ4v) is 0.445. The van der Waals surface area contributed by atoms with Gasteiger partial charge in [-0.1, -0.05) is 18.2 Å². The van der Waals surface area contributed by atoms with Crippen LogP contribution in [0.1, 0.15) is 0 Å². The van der Waals surface area contributed by atoms with Gasteiger partial charge in [-0.3, -0.25) is 0 Å². The lowest BCUT2D eigenvalue weighted by molar-refractivity contribution is 1.26. The molecule has 0 rings (SSSR count). The number of hydrogen-bond acceptors (Lipinski definition) is 2. The summed E-state index contributed by atoms with van der Waals surface area (Å²) in [4.78, 5) is 0. The zero-order chi connectivity index (χ0) is 7.28. The maximum absolute atomic E-state index is 5.40. The molecule has 4 heteroatoms. The molecule has 0 atom stereocenters. The average Bonchev–Trinajstić information content (AvgIpc) is 1.83. The van der Waals surface area contributed by atoms with E-state index in [2.05, 4.69) is 34.3 Å². The molecule has 0 bridgehead atoms. The van der Waals surface area contributed by atoms with Gasteiger partial charge in [0.2, 0.25) is 0 Å². The van der Waals surface area contributed by atoms with Crippen molar-refractivity contribution in [2.24, 2.45) is 10.9 Å². The average molecular weight is 256 g/mol. The molecule has 2 nitrogen and oxygen atoms in total. The van der Waals surface area contributed by atoms with Crippen molar-refractivity contribution in [2.45, 2.75) is 0 Å². The molecule has 0 amide bonds. The number of nitrogens with zero attached hydrogens (tertiary/aromatic N) is 1. The smallest absolute Gasteiger partial charge is 0.148 e. The summed E-state index contributed by atoms with van der Waals surface area (Å²) in [6.45, 7) is 3.61. The fraction of sp³-hybridized carbons (Fsp3) is 0. The molecule has 0 aromatic heterocycles. The molecule has 0 aromatic rings. The lowest BCUT2D eigenvalue weighted by Crippen LogP contribution is -1.86. The van der Waals surface area contributed by atoms with Crippen LogP contribution in [0, 0.1) is 0 Å². The van der Waals surface area contributed by atoms with E-state index in [1.54, 1.807) is 12.2 Å². The Morgan fingerprint density at radius 1 is 1.67 bits per heavy atom. The zero-order valence-corrected chi connectivity index (χ0v) is 7.56. The van der Waals surface area contributed by atoms with Gasteiger partial charge in [0.25, 0.3) is 0 Å². The predicted molar refractivity (Wildman–Crippen MR) is 49.8 cm³/mol. The summed E-state index contributed by atoms with van der Waals surface area (Å²) in [7, 11) is 0. The van der Waals surface area contributed by atoms with E-state index in [4.69, 9.17) is 17.4 Å². The largest absolute Gasteiger partial charge is 0.322 e. The van der Waals surface area contributed by atoms with Crippen molar-refractivity contribution < 1.29 is 0 Å². The molecule has 0 spiro atoms. The molecule has 0 aliphatic heterocycles. The van der Waals surface area contributed by atoms with Crippen LogP contribution < -0.4 is 5.84 Å². The number of nitrogens with two attached hydrogens (primary N) is 1. The van der Waals surface area contributed by atoms with Crippen LogP contribution >= 0.6 is 34.2 Å². The van der Waals surface area contributed by atoms with Gasteiger partial charge in [0.05, 0.1) is 0 Å². The highest BCUT2D eigenvalue weighted by atomic mass is 127. The van der Waals surface area contributed by atoms with Crippen molar-refractivity contribution in [3.63, 3.8) is 0 Å². The van der Waals surface area contributed by atoms with Crippen molar-refractivity contribution in [2.75, 3.05) is 0 Å². The van der Waals surface area contributed by atoms with Crippen LogP contribution in [0.3, 0.4) is 0 Å². The van der Waals surface area contributed by atoms with E-state index in [0.29, 0.717) is 0 Å². The number of allylic oxidation sites excluding steroid dienone is 3. The molecule has 0 heterocycles. The SMILES string of the molecule is C=C(I)/C=C\C(Cl)=N/N. The van der Waals surface area contributed by atoms with E-state index in [-0.39, 0.29) is 5.17 Å². The Balaban J connectivity index is 3.86. The lowest BCUT2D eigenvalue weighted by atomic mass is 10.5. The van der Waals surface area contributed by atoms with Crippen LogP contribution in [0.5, 0.6) is 0 Å². The summed E-state index contributed by atoms with van der Waals surface area (Å²) >= 11 is 7.46. The van der Waals surface area contributed by atoms with E-state index < -0.39 is 0 Å². The van der Waals surface area contributed by atoms with Gasteiger partial charge >= 0.3 is 0 Å². The minimum Gasteiger partial charge on any atom is -0.322 e. The Morgan fingerprint density at radius 3 is 2.56 bits per heavy atom. The van der Waals surface area contributed by atoms with Gasteiger partial charge in [0.1, 0.15) is 5.17 Å². The van der Waals surface area contributed by atoms with Crippen molar-refractivity contribution in [1.29, 1.82) is 0 Å². The van der Waals surface area contributed by atoms with Crippen LogP contribution in [0.15, 0.2) is 27.4 Å². The van der Waals surface area contributed by atoms with Crippen molar-refractivity contribution >= 4 is 39.4 Å². The second kappa shape index (κ2) is 4.81. The molecule has 0 unspecified atom stereocenters. The molecule has 0 aliphatic carbocycles. The molecule has 0 radical (unpaired) electrons. The molecular weight excluding hydrogens is 250 g/mol. The van der Waals surface area contributed by atoms with E-state index in [1.165, 1.54) is 0 Å². The van der Waals surface area contributed by atoms with E-state index in [9.17, 15) is 0 Å². The Morgan fingerprint density at radius 2 is 2.22 bits per heavy atom. The summed E-state index contributed by atoms with van der Waals surface area (Å²) in [5.41, 5.74) is 0. The Labute approximate surface area is 72.6 Å². The van der Waals surface area contributed by atoms with Crippen LogP contribution in [0.2, 0.25) is 0 Å². The van der Waals surface area contributed by atoms with Gasteiger partial charge in [-0.2, -0.15) is 5.10 Å². The third-order valence-electron chi connectivity index (χ3n) is 0.525. The molecule has 9 heavy (non-hydrogen) atoms. The first-order chi connectivity index (χ1) is 4.16. The minimum absolute atomic E-state index is 0.271. The second-order valence-corrected chi connectivity index (χ2v) is 3.00. The molecular formula is C5H6ClIN2. The van der Waals surface area contributed by atoms with Crippen LogP contribution in [-0.4, -0.2) is 5.17 Å². The van der Waals surface area contributed by atoms with Crippen LogP contribution in [0.25, 0.3) is 0 Å². The molecule has 0 aliphatic rings. The first-order valence-electron chi connectivity index (χ1n) is 2.12.